The normalized spacial score (nSPS) is 15.0. The zero-order valence-corrected chi connectivity index (χ0v) is 11.7. The second kappa shape index (κ2) is 7.29. The van der Waals surface area contributed by atoms with Gasteiger partial charge in [-0.05, 0) is 31.5 Å². The lowest BCUT2D eigenvalue weighted by Crippen LogP contribution is -2.21. The molecule has 0 saturated heterocycles. The third-order valence-corrected chi connectivity index (χ3v) is 4.06. The maximum absolute atomic E-state index is 5.68. The summed E-state index contributed by atoms with van der Waals surface area (Å²) >= 11 is 3.42. The summed E-state index contributed by atoms with van der Waals surface area (Å²) < 4.78 is 16.1. The first-order chi connectivity index (χ1) is 7.72. The molecule has 0 N–H and O–H groups in total. The summed E-state index contributed by atoms with van der Waals surface area (Å²) in [6.45, 7) is 3.91. The summed E-state index contributed by atoms with van der Waals surface area (Å²) in [5, 5.41) is 2.07. The Morgan fingerprint density at radius 1 is 1.50 bits per heavy atom. The topological polar surface area (TPSA) is 27.7 Å². The predicted molar refractivity (Wildman–Crippen MR) is 68.0 cm³/mol. The highest BCUT2D eigenvalue weighted by Crippen LogP contribution is 2.33. The second-order valence-corrected chi connectivity index (χ2v) is 4.91. The molecular weight excluding hydrogens is 244 g/mol. The second-order valence-electron chi connectivity index (χ2n) is 3.11. The minimum atomic E-state index is -0.586. The first-order valence-electron chi connectivity index (χ1n) is 5.14. The molecule has 3 nitrogen and oxygen atoms in total. The molecule has 5 heteroatoms. The van der Waals surface area contributed by atoms with Crippen molar-refractivity contribution in [2.24, 2.45) is 0 Å². The third kappa shape index (κ3) is 3.75. The first-order valence-corrected chi connectivity index (χ1v) is 7.24. The summed E-state index contributed by atoms with van der Waals surface area (Å²) in [6.07, 6.45) is 2.05. The number of hydrogen-bond donors (Lipinski definition) is 0. The van der Waals surface area contributed by atoms with E-state index in [-0.39, 0.29) is 6.10 Å². The molecule has 2 atom stereocenters. The highest BCUT2D eigenvalue weighted by atomic mass is 32.2. The van der Waals surface area contributed by atoms with E-state index in [9.17, 15) is 0 Å². The van der Waals surface area contributed by atoms with Crippen LogP contribution in [0.2, 0.25) is 0 Å². The number of thiophene rings is 1. The predicted octanol–water partition coefficient (Wildman–Crippen LogP) is 3.51. The minimum Gasteiger partial charge on any atom is -0.333 e. The van der Waals surface area contributed by atoms with Gasteiger partial charge < -0.3 is 14.2 Å². The number of thioether (sulfide) groups is 1. The van der Waals surface area contributed by atoms with Crippen LogP contribution in [0.25, 0.3) is 0 Å². The highest BCUT2D eigenvalue weighted by Gasteiger charge is 2.17. The molecule has 0 aliphatic carbocycles. The number of ether oxygens (including phenoxy) is 3. The zero-order chi connectivity index (χ0) is 12.0. The third-order valence-electron chi connectivity index (χ3n) is 2.06. The number of methoxy groups -OCH3 is 1. The van der Waals surface area contributed by atoms with Gasteiger partial charge in [-0.2, -0.15) is 0 Å². The zero-order valence-electron chi connectivity index (χ0n) is 10.1. The van der Waals surface area contributed by atoms with E-state index in [1.807, 2.05) is 13.8 Å². The fourth-order valence-corrected chi connectivity index (χ4v) is 3.14. The van der Waals surface area contributed by atoms with Crippen LogP contribution in [-0.4, -0.2) is 26.4 Å². The molecule has 16 heavy (non-hydrogen) atoms. The van der Waals surface area contributed by atoms with E-state index in [1.54, 1.807) is 30.2 Å². The van der Waals surface area contributed by atoms with Crippen molar-refractivity contribution in [1.29, 1.82) is 0 Å². The van der Waals surface area contributed by atoms with Crippen molar-refractivity contribution in [1.82, 2.24) is 0 Å². The van der Waals surface area contributed by atoms with Gasteiger partial charge >= 0.3 is 0 Å². The smallest absolute Gasteiger partial charge is 0.271 e. The van der Waals surface area contributed by atoms with Crippen molar-refractivity contribution in [3.05, 3.63) is 16.3 Å². The lowest BCUT2D eigenvalue weighted by molar-refractivity contribution is -0.291. The quantitative estimate of drug-likeness (QED) is 0.555. The van der Waals surface area contributed by atoms with Crippen LogP contribution in [0.5, 0.6) is 0 Å². The SMILES string of the molecule is CCOC(OC)OC(C)c1sccc1SC. The van der Waals surface area contributed by atoms with Gasteiger partial charge in [0.15, 0.2) is 0 Å². The van der Waals surface area contributed by atoms with Gasteiger partial charge in [-0.1, -0.05) is 0 Å². The van der Waals surface area contributed by atoms with Crippen molar-refractivity contribution < 1.29 is 14.2 Å². The average Bonchev–Trinajstić information content (AvgIpc) is 2.76. The van der Waals surface area contributed by atoms with Gasteiger partial charge in [-0.25, -0.2) is 0 Å². The van der Waals surface area contributed by atoms with Gasteiger partial charge in [0.25, 0.3) is 6.48 Å². The van der Waals surface area contributed by atoms with Crippen LogP contribution in [-0.2, 0) is 14.2 Å². The summed E-state index contributed by atoms with van der Waals surface area (Å²) in [4.78, 5) is 2.47. The summed E-state index contributed by atoms with van der Waals surface area (Å²) in [5.41, 5.74) is 0. The largest absolute Gasteiger partial charge is 0.333 e. The van der Waals surface area contributed by atoms with E-state index in [0.717, 1.165) is 0 Å². The van der Waals surface area contributed by atoms with Gasteiger partial charge in [-0.15, -0.1) is 23.1 Å². The Morgan fingerprint density at radius 3 is 2.81 bits per heavy atom. The maximum atomic E-state index is 5.68. The van der Waals surface area contributed by atoms with Crippen molar-refractivity contribution in [2.75, 3.05) is 20.0 Å². The van der Waals surface area contributed by atoms with E-state index in [0.29, 0.717) is 6.61 Å². The molecule has 1 rings (SSSR count). The number of rotatable bonds is 7. The highest BCUT2D eigenvalue weighted by molar-refractivity contribution is 7.98. The van der Waals surface area contributed by atoms with Crippen LogP contribution in [0.1, 0.15) is 24.8 Å². The summed E-state index contributed by atoms with van der Waals surface area (Å²) in [6, 6.07) is 2.10. The Balaban J connectivity index is 2.60. The monoisotopic (exact) mass is 262 g/mol. The van der Waals surface area contributed by atoms with E-state index in [1.165, 1.54) is 9.77 Å². The fraction of sp³-hybridized carbons (Fsp3) is 0.636. The van der Waals surface area contributed by atoms with Gasteiger partial charge in [0.2, 0.25) is 0 Å². The van der Waals surface area contributed by atoms with Crippen LogP contribution in [0.15, 0.2) is 16.3 Å². The molecule has 0 aromatic carbocycles. The Hall–Kier alpha value is -0.0700. The van der Waals surface area contributed by atoms with E-state index in [2.05, 4.69) is 17.7 Å². The molecule has 0 spiro atoms. The molecule has 0 radical (unpaired) electrons. The molecule has 0 fully saturated rings. The fourth-order valence-electron chi connectivity index (χ4n) is 1.30. The van der Waals surface area contributed by atoms with Crippen LogP contribution in [0.4, 0.5) is 0 Å². The first kappa shape index (κ1) is 14.0. The van der Waals surface area contributed by atoms with E-state index < -0.39 is 6.48 Å². The molecule has 0 aliphatic heterocycles. The molecule has 0 bridgehead atoms. The van der Waals surface area contributed by atoms with Crippen molar-refractivity contribution in [3.63, 3.8) is 0 Å². The van der Waals surface area contributed by atoms with Crippen molar-refractivity contribution in [2.45, 2.75) is 31.3 Å². The van der Waals surface area contributed by atoms with Crippen molar-refractivity contribution in [3.8, 4) is 0 Å². The molecule has 0 aliphatic rings. The maximum Gasteiger partial charge on any atom is 0.271 e. The average molecular weight is 262 g/mol. The van der Waals surface area contributed by atoms with Gasteiger partial charge in [0, 0.05) is 23.5 Å². The molecule has 1 heterocycles. The van der Waals surface area contributed by atoms with Gasteiger partial charge in [0.05, 0.1) is 6.10 Å². The Bertz CT molecular complexity index is 301. The van der Waals surface area contributed by atoms with Crippen LogP contribution in [0.3, 0.4) is 0 Å². The van der Waals surface area contributed by atoms with E-state index in [4.69, 9.17) is 14.2 Å². The van der Waals surface area contributed by atoms with Crippen molar-refractivity contribution >= 4 is 23.1 Å². The standard InChI is InChI=1S/C11H18O3S2/c1-5-13-11(12-3)14-8(2)10-9(15-4)6-7-16-10/h6-8,11H,5H2,1-4H3. The van der Waals surface area contributed by atoms with Crippen LogP contribution < -0.4 is 0 Å². The lowest BCUT2D eigenvalue weighted by atomic mass is 10.3. The van der Waals surface area contributed by atoms with Crippen LogP contribution in [0, 0.1) is 0 Å². The molecule has 92 valence electrons. The summed E-state index contributed by atoms with van der Waals surface area (Å²) in [5.74, 6) is 0. The van der Waals surface area contributed by atoms with Gasteiger partial charge in [-0.3, -0.25) is 0 Å². The Labute approximate surface area is 105 Å². The minimum absolute atomic E-state index is 0.0149. The molecule has 0 saturated carbocycles. The van der Waals surface area contributed by atoms with Crippen LogP contribution >= 0.6 is 23.1 Å². The molecule has 1 aromatic heterocycles. The molecular formula is C11H18O3S2. The molecule has 0 amide bonds. The Morgan fingerprint density at radius 2 is 2.25 bits per heavy atom. The lowest BCUT2D eigenvalue weighted by Gasteiger charge is -2.20. The van der Waals surface area contributed by atoms with Gasteiger partial charge in [0.1, 0.15) is 0 Å². The Kier molecular flexibility index (Phi) is 6.38. The summed E-state index contributed by atoms with van der Waals surface area (Å²) in [7, 11) is 1.58. The molecule has 1 aromatic rings. The van der Waals surface area contributed by atoms with E-state index >= 15 is 0 Å². The molecule has 2 unspecified atom stereocenters. The number of hydrogen-bond acceptors (Lipinski definition) is 5.